The summed E-state index contributed by atoms with van der Waals surface area (Å²) >= 11 is 2.24. The molecule has 0 N–H and O–H groups in total. The van der Waals surface area contributed by atoms with Crippen LogP contribution in [0.1, 0.15) is 28.4 Å². The molecule has 3 aromatic rings. The lowest BCUT2D eigenvalue weighted by Gasteiger charge is -2.15. The fraction of sp³-hybridized carbons (Fsp3) is 0.125. The molecule has 0 atom stereocenters. The highest BCUT2D eigenvalue weighted by molar-refractivity contribution is 14.1. The zero-order valence-corrected chi connectivity index (χ0v) is 17.8. The molecule has 0 unspecified atom stereocenters. The normalized spacial score (nSPS) is 10.8. The van der Waals surface area contributed by atoms with Crippen molar-refractivity contribution in [1.29, 1.82) is 0 Å². The second-order valence-corrected chi connectivity index (χ2v) is 7.26. The Kier molecular flexibility index (Phi) is 7.25. The average molecular weight is 484 g/mol. The first-order valence-corrected chi connectivity index (χ1v) is 10.2. The lowest BCUT2D eigenvalue weighted by Crippen LogP contribution is -2.02. The molecule has 0 aliphatic carbocycles. The molecule has 0 bridgehead atoms. The number of carbonyl (C=O) groups excluding carboxylic acids is 1. The van der Waals surface area contributed by atoms with E-state index in [0.29, 0.717) is 24.5 Å². The van der Waals surface area contributed by atoms with E-state index in [2.05, 4.69) is 22.6 Å². The van der Waals surface area contributed by atoms with Crippen molar-refractivity contribution in [2.45, 2.75) is 13.5 Å². The van der Waals surface area contributed by atoms with Crippen molar-refractivity contribution in [3.8, 4) is 11.5 Å². The molecule has 142 valence electrons. The monoisotopic (exact) mass is 484 g/mol. The van der Waals surface area contributed by atoms with Crippen LogP contribution in [0.2, 0.25) is 0 Å². The molecule has 0 saturated heterocycles. The molecule has 4 heteroatoms. The number of carbonyl (C=O) groups is 1. The van der Waals surface area contributed by atoms with Gasteiger partial charge < -0.3 is 9.47 Å². The smallest absolute Gasteiger partial charge is 0.185 e. The molecule has 0 aromatic heterocycles. The van der Waals surface area contributed by atoms with Crippen molar-refractivity contribution in [2.75, 3.05) is 6.61 Å². The van der Waals surface area contributed by atoms with Crippen LogP contribution in [0.15, 0.2) is 78.9 Å². The highest BCUT2D eigenvalue weighted by atomic mass is 127. The molecule has 3 nitrogen and oxygen atoms in total. The van der Waals surface area contributed by atoms with E-state index in [4.69, 9.17) is 9.47 Å². The van der Waals surface area contributed by atoms with Crippen LogP contribution in [0.5, 0.6) is 11.5 Å². The maximum Gasteiger partial charge on any atom is 0.185 e. The molecule has 0 radical (unpaired) electrons. The van der Waals surface area contributed by atoms with Crippen molar-refractivity contribution in [2.24, 2.45) is 0 Å². The highest BCUT2D eigenvalue weighted by Gasteiger charge is 2.12. The Morgan fingerprint density at radius 3 is 2.32 bits per heavy atom. The molecular formula is C24H21IO3. The predicted molar refractivity (Wildman–Crippen MR) is 121 cm³/mol. The summed E-state index contributed by atoms with van der Waals surface area (Å²) in [4.78, 5) is 12.3. The molecule has 28 heavy (non-hydrogen) atoms. The standard InChI is InChI=1S/C24H21IO3/c1-2-27-23-16-19(13-14-22(26)20-11-7-4-8-12-20)15-21(25)24(23)28-17-18-9-5-3-6-10-18/h3-16H,2,17H2,1H3/b14-13+. The molecule has 0 fully saturated rings. The summed E-state index contributed by atoms with van der Waals surface area (Å²) in [7, 11) is 0. The van der Waals surface area contributed by atoms with Crippen LogP contribution in [0, 0.1) is 3.57 Å². The van der Waals surface area contributed by atoms with E-state index in [1.807, 2.05) is 79.7 Å². The summed E-state index contributed by atoms with van der Waals surface area (Å²) in [5, 5.41) is 0. The summed E-state index contributed by atoms with van der Waals surface area (Å²) in [5.41, 5.74) is 2.66. The van der Waals surface area contributed by atoms with E-state index in [1.54, 1.807) is 12.2 Å². The van der Waals surface area contributed by atoms with E-state index >= 15 is 0 Å². The average Bonchev–Trinajstić information content (AvgIpc) is 2.73. The zero-order valence-electron chi connectivity index (χ0n) is 15.6. The first kappa shape index (κ1) is 20.1. The molecule has 0 heterocycles. The van der Waals surface area contributed by atoms with E-state index in [0.717, 1.165) is 20.4 Å². The van der Waals surface area contributed by atoms with Gasteiger partial charge in [-0.1, -0.05) is 66.7 Å². The Balaban J connectivity index is 1.80. The van der Waals surface area contributed by atoms with Crippen LogP contribution in [-0.2, 0) is 6.61 Å². The van der Waals surface area contributed by atoms with Crippen LogP contribution in [0.4, 0.5) is 0 Å². The van der Waals surface area contributed by atoms with Crippen LogP contribution in [0.25, 0.3) is 6.08 Å². The van der Waals surface area contributed by atoms with E-state index in [-0.39, 0.29) is 5.78 Å². The fourth-order valence-corrected chi connectivity index (χ4v) is 3.47. The number of hydrogen-bond donors (Lipinski definition) is 0. The van der Waals surface area contributed by atoms with Gasteiger partial charge in [0.15, 0.2) is 17.3 Å². The Morgan fingerprint density at radius 2 is 1.64 bits per heavy atom. The topological polar surface area (TPSA) is 35.5 Å². The Bertz CT molecular complexity index is 950. The first-order chi connectivity index (χ1) is 13.7. The minimum absolute atomic E-state index is 0.0297. The van der Waals surface area contributed by atoms with Crippen LogP contribution in [0.3, 0.4) is 0 Å². The fourth-order valence-electron chi connectivity index (χ4n) is 2.69. The second kappa shape index (κ2) is 10.1. The zero-order chi connectivity index (χ0) is 19.8. The SMILES string of the molecule is CCOc1cc(/C=C/C(=O)c2ccccc2)cc(I)c1OCc1ccccc1. The lowest BCUT2D eigenvalue weighted by atomic mass is 10.1. The second-order valence-electron chi connectivity index (χ2n) is 6.10. The number of allylic oxidation sites excluding steroid dienone is 1. The van der Waals surface area contributed by atoms with Gasteiger partial charge in [-0.05, 0) is 58.9 Å². The Hall–Kier alpha value is -2.60. The minimum atomic E-state index is -0.0297. The summed E-state index contributed by atoms with van der Waals surface area (Å²) in [6, 6.07) is 23.1. The van der Waals surface area contributed by atoms with E-state index < -0.39 is 0 Å². The van der Waals surface area contributed by atoms with Crippen LogP contribution in [-0.4, -0.2) is 12.4 Å². The molecule has 0 amide bonds. The van der Waals surface area contributed by atoms with Crippen LogP contribution < -0.4 is 9.47 Å². The van der Waals surface area contributed by atoms with Gasteiger partial charge in [0.05, 0.1) is 10.2 Å². The lowest BCUT2D eigenvalue weighted by molar-refractivity contribution is 0.104. The van der Waals surface area contributed by atoms with Gasteiger partial charge in [-0.15, -0.1) is 0 Å². The van der Waals surface area contributed by atoms with Gasteiger partial charge in [-0.25, -0.2) is 0 Å². The van der Waals surface area contributed by atoms with Gasteiger partial charge in [0.1, 0.15) is 6.61 Å². The maximum absolute atomic E-state index is 12.3. The van der Waals surface area contributed by atoms with Gasteiger partial charge in [-0.3, -0.25) is 4.79 Å². The van der Waals surface area contributed by atoms with Gasteiger partial charge >= 0.3 is 0 Å². The van der Waals surface area contributed by atoms with Crippen molar-refractivity contribution in [1.82, 2.24) is 0 Å². The van der Waals surface area contributed by atoms with Gasteiger partial charge in [-0.2, -0.15) is 0 Å². The molecule has 0 aliphatic heterocycles. The summed E-state index contributed by atoms with van der Waals surface area (Å²) in [6.45, 7) is 2.95. The predicted octanol–water partition coefficient (Wildman–Crippen LogP) is 6.17. The third-order valence-electron chi connectivity index (χ3n) is 4.04. The van der Waals surface area contributed by atoms with Crippen molar-refractivity contribution in [3.63, 3.8) is 0 Å². The summed E-state index contributed by atoms with van der Waals surface area (Å²) in [5.74, 6) is 1.37. The molecule has 3 aromatic carbocycles. The number of ether oxygens (including phenoxy) is 2. The largest absolute Gasteiger partial charge is 0.490 e. The van der Waals surface area contributed by atoms with Crippen LogP contribution >= 0.6 is 22.6 Å². The third-order valence-corrected chi connectivity index (χ3v) is 4.84. The summed E-state index contributed by atoms with van der Waals surface area (Å²) < 4.78 is 12.8. The Labute approximate surface area is 179 Å². The quantitative estimate of drug-likeness (QED) is 0.218. The number of halogens is 1. The molecule has 0 saturated carbocycles. The number of rotatable bonds is 8. The number of ketones is 1. The minimum Gasteiger partial charge on any atom is -0.490 e. The number of benzene rings is 3. The van der Waals surface area contributed by atoms with Gasteiger partial charge in [0.2, 0.25) is 0 Å². The van der Waals surface area contributed by atoms with Gasteiger partial charge in [0.25, 0.3) is 0 Å². The molecule has 0 spiro atoms. The summed E-state index contributed by atoms with van der Waals surface area (Å²) in [6.07, 6.45) is 3.39. The molecule has 0 aliphatic rings. The highest BCUT2D eigenvalue weighted by Crippen LogP contribution is 2.35. The maximum atomic E-state index is 12.3. The van der Waals surface area contributed by atoms with Crippen molar-refractivity contribution in [3.05, 3.63) is 99.1 Å². The first-order valence-electron chi connectivity index (χ1n) is 9.08. The van der Waals surface area contributed by atoms with Gasteiger partial charge in [0, 0.05) is 5.56 Å². The van der Waals surface area contributed by atoms with Crippen molar-refractivity contribution >= 4 is 34.5 Å². The van der Waals surface area contributed by atoms with Crippen molar-refractivity contribution < 1.29 is 14.3 Å². The molecule has 3 rings (SSSR count). The Morgan fingerprint density at radius 1 is 0.964 bits per heavy atom. The third kappa shape index (κ3) is 5.45. The molecular weight excluding hydrogens is 463 g/mol. The number of hydrogen-bond acceptors (Lipinski definition) is 3. The van der Waals surface area contributed by atoms with E-state index in [1.165, 1.54) is 0 Å². The van der Waals surface area contributed by atoms with E-state index in [9.17, 15) is 4.79 Å².